The summed E-state index contributed by atoms with van der Waals surface area (Å²) in [5.41, 5.74) is 6.00. The molecule has 0 rings (SSSR count). The summed E-state index contributed by atoms with van der Waals surface area (Å²) < 4.78 is 0. The highest BCUT2D eigenvalue weighted by molar-refractivity contribution is 4.87. The maximum Gasteiger partial charge on any atom is 0.0208 e. The molecule has 2 heteroatoms. The molecule has 0 aromatic carbocycles. The molecule has 0 heterocycles. The van der Waals surface area contributed by atoms with Crippen molar-refractivity contribution < 1.29 is 0 Å². The highest BCUT2D eigenvalue weighted by Gasteiger charge is 1.65. The van der Waals surface area contributed by atoms with Gasteiger partial charge in [-0.3, -0.25) is 0 Å². The lowest BCUT2D eigenvalue weighted by Gasteiger charge is -1.85. The van der Waals surface area contributed by atoms with Gasteiger partial charge in [0, 0.05) is 18.9 Å². The van der Waals surface area contributed by atoms with Crippen molar-refractivity contribution in [2.24, 2.45) is 5.73 Å². The maximum absolute atomic E-state index is 5.20. The minimum Gasteiger partial charge on any atom is -0.401 e. The van der Waals surface area contributed by atoms with Crippen molar-refractivity contribution in [2.45, 2.75) is 6.92 Å². The van der Waals surface area contributed by atoms with E-state index in [1.54, 1.807) is 6.20 Å². The lowest BCUT2D eigenvalue weighted by atomic mass is 10.6. The quantitative estimate of drug-likeness (QED) is 0.472. The van der Waals surface area contributed by atoms with Crippen molar-refractivity contribution in [1.29, 1.82) is 0 Å². The summed E-state index contributed by atoms with van der Waals surface area (Å²) >= 11 is 0. The van der Waals surface area contributed by atoms with Crippen LogP contribution in [0.25, 0.3) is 0 Å². The molecule has 0 unspecified atom stereocenters. The Kier molecular flexibility index (Phi) is 2.29. The van der Waals surface area contributed by atoms with Crippen LogP contribution in [0.2, 0.25) is 0 Å². The summed E-state index contributed by atoms with van der Waals surface area (Å²) in [6.07, 6.45) is 1.74. The zero-order chi connectivity index (χ0) is 4.99. The summed E-state index contributed by atoms with van der Waals surface area (Å²) in [6.45, 7) is 1.83. The summed E-state index contributed by atoms with van der Waals surface area (Å²) in [7, 11) is 1.82. The fraction of sp³-hybridized carbons (Fsp3) is 0.500. The molecule has 0 aliphatic rings. The Morgan fingerprint density at radius 1 is 1.83 bits per heavy atom. The standard InChI is InChI=1S/C4H10N2/c1-4(5)3-6-2/h3,6H,5H2,1-2H3. The van der Waals surface area contributed by atoms with Crippen LogP contribution in [0.1, 0.15) is 6.92 Å². The van der Waals surface area contributed by atoms with Gasteiger partial charge < -0.3 is 11.1 Å². The van der Waals surface area contributed by atoms with Crippen molar-refractivity contribution in [3.05, 3.63) is 11.9 Å². The zero-order valence-corrected chi connectivity index (χ0v) is 4.15. The molecule has 3 N–H and O–H groups in total. The van der Waals surface area contributed by atoms with Gasteiger partial charge in [-0.25, -0.2) is 0 Å². The van der Waals surface area contributed by atoms with Crippen LogP contribution in [0.15, 0.2) is 11.9 Å². The van der Waals surface area contributed by atoms with Gasteiger partial charge in [-0.1, -0.05) is 0 Å². The lowest BCUT2D eigenvalue weighted by molar-refractivity contribution is 1.06. The number of hydrogen-bond acceptors (Lipinski definition) is 2. The number of rotatable bonds is 1. The average Bonchev–Trinajstić information content (AvgIpc) is 1.35. The van der Waals surface area contributed by atoms with Crippen LogP contribution >= 0.6 is 0 Å². The molecule has 0 amide bonds. The summed E-state index contributed by atoms with van der Waals surface area (Å²) in [5, 5.41) is 2.78. The largest absolute Gasteiger partial charge is 0.401 e. The molecule has 0 bridgehead atoms. The predicted octanol–water partition coefficient (Wildman–Crippen LogP) is 0.0258. The predicted molar refractivity (Wildman–Crippen MR) is 27.0 cm³/mol. The van der Waals surface area contributed by atoms with E-state index in [1.165, 1.54) is 0 Å². The normalized spacial score (nSPS) is 11.3. The SMILES string of the molecule is CNC=C(C)N. The zero-order valence-electron chi connectivity index (χ0n) is 4.15. The monoisotopic (exact) mass is 86.1 g/mol. The molecule has 0 radical (unpaired) electrons. The minimum atomic E-state index is 0.803. The van der Waals surface area contributed by atoms with Crippen molar-refractivity contribution >= 4 is 0 Å². The summed E-state index contributed by atoms with van der Waals surface area (Å²) in [4.78, 5) is 0. The van der Waals surface area contributed by atoms with Gasteiger partial charge in [-0.2, -0.15) is 0 Å². The van der Waals surface area contributed by atoms with Crippen LogP contribution in [0.5, 0.6) is 0 Å². The second-order valence-corrected chi connectivity index (χ2v) is 1.18. The van der Waals surface area contributed by atoms with E-state index in [0.717, 1.165) is 5.70 Å². The van der Waals surface area contributed by atoms with Gasteiger partial charge in [0.25, 0.3) is 0 Å². The van der Waals surface area contributed by atoms with Crippen LogP contribution in [0.4, 0.5) is 0 Å². The van der Waals surface area contributed by atoms with Crippen LogP contribution in [-0.2, 0) is 0 Å². The number of allylic oxidation sites excluding steroid dienone is 1. The molecule has 0 fully saturated rings. The first kappa shape index (κ1) is 5.34. The Balaban J connectivity index is 3.14. The molecular formula is C4H10N2. The van der Waals surface area contributed by atoms with Crippen molar-refractivity contribution in [2.75, 3.05) is 7.05 Å². The lowest BCUT2D eigenvalue weighted by Crippen LogP contribution is -1.99. The third kappa shape index (κ3) is 3.34. The highest BCUT2D eigenvalue weighted by atomic mass is 14.8. The average molecular weight is 86.1 g/mol. The number of nitrogens with two attached hydrogens (primary N) is 1. The second kappa shape index (κ2) is 2.57. The molecule has 2 nitrogen and oxygen atoms in total. The van der Waals surface area contributed by atoms with E-state index in [4.69, 9.17) is 5.73 Å². The fourth-order valence-electron chi connectivity index (χ4n) is 0.228. The van der Waals surface area contributed by atoms with Gasteiger partial charge in [0.15, 0.2) is 0 Å². The molecule has 0 aliphatic heterocycles. The van der Waals surface area contributed by atoms with Gasteiger partial charge in [0.1, 0.15) is 0 Å². The molecule has 0 saturated heterocycles. The van der Waals surface area contributed by atoms with Crippen LogP contribution < -0.4 is 11.1 Å². The smallest absolute Gasteiger partial charge is 0.0208 e. The highest BCUT2D eigenvalue weighted by Crippen LogP contribution is 1.68. The fourth-order valence-corrected chi connectivity index (χ4v) is 0.228. The van der Waals surface area contributed by atoms with Crippen LogP contribution in [0, 0.1) is 0 Å². The molecule has 0 atom stereocenters. The molecule has 0 spiro atoms. The first-order valence-corrected chi connectivity index (χ1v) is 1.87. The number of hydrogen-bond donors (Lipinski definition) is 2. The summed E-state index contributed by atoms with van der Waals surface area (Å²) in [5.74, 6) is 0. The Bertz CT molecular complexity index is 52.6. The van der Waals surface area contributed by atoms with E-state index in [0.29, 0.717) is 0 Å². The summed E-state index contributed by atoms with van der Waals surface area (Å²) in [6, 6.07) is 0. The first-order valence-electron chi connectivity index (χ1n) is 1.87. The Hall–Kier alpha value is -0.660. The van der Waals surface area contributed by atoms with Crippen LogP contribution in [0.3, 0.4) is 0 Å². The Labute approximate surface area is 38.0 Å². The third-order valence-electron chi connectivity index (χ3n) is 0.372. The van der Waals surface area contributed by atoms with Crippen molar-refractivity contribution in [3.63, 3.8) is 0 Å². The molecule has 0 saturated carbocycles. The van der Waals surface area contributed by atoms with E-state index < -0.39 is 0 Å². The molecular weight excluding hydrogens is 76.1 g/mol. The van der Waals surface area contributed by atoms with Crippen molar-refractivity contribution in [1.82, 2.24) is 5.32 Å². The topological polar surface area (TPSA) is 38.0 Å². The van der Waals surface area contributed by atoms with Gasteiger partial charge in [-0.15, -0.1) is 0 Å². The first-order chi connectivity index (χ1) is 2.77. The van der Waals surface area contributed by atoms with Gasteiger partial charge in [0.05, 0.1) is 0 Å². The third-order valence-corrected chi connectivity index (χ3v) is 0.372. The van der Waals surface area contributed by atoms with Gasteiger partial charge in [0.2, 0.25) is 0 Å². The second-order valence-electron chi connectivity index (χ2n) is 1.18. The van der Waals surface area contributed by atoms with E-state index in [1.807, 2.05) is 14.0 Å². The van der Waals surface area contributed by atoms with Crippen LogP contribution in [-0.4, -0.2) is 7.05 Å². The Morgan fingerprint density at radius 2 is 2.33 bits per heavy atom. The maximum atomic E-state index is 5.20. The van der Waals surface area contributed by atoms with Gasteiger partial charge in [-0.05, 0) is 6.92 Å². The molecule has 0 aliphatic carbocycles. The molecule has 0 aromatic heterocycles. The Morgan fingerprint density at radius 3 is 2.33 bits per heavy atom. The van der Waals surface area contributed by atoms with Gasteiger partial charge >= 0.3 is 0 Å². The molecule has 0 aromatic rings. The van der Waals surface area contributed by atoms with E-state index in [-0.39, 0.29) is 0 Å². The number of nitrogens with one attached hydrogen (secondary N) is 1. The molecule has 36 valence electrons. The van der Waals surface area contributed by atoms with E-state index in [9.17, 15) is 0 Å². The van der Waals surface area contributed by atoms with Crippen molar-refractivity contribution in [3.8, 4) is 0 Å². The minimum absolute atomic E-state index is 0.803. The van der Waals surface area contributed by atoms with E-state index in [2.05, 4.69) is 5.32 Å². The molecule has 6 heavy (non-hydrogen) atoms. The van der Waals surface area contributed by atoms with E-state index >= 15 is 0 Å².